The van der Waals surface area contributed by atoms with E-state index in [1.807, 2.05) is 0 Å². The molecule has 0 amide bonds. The second-order valence-corrected chi connectivity index (χ2v) is 4.21. The van der Waals surface area contributed by atoms with Crippen molar-refractivity contribution < 1.29 is 10.0 Å². The fourth-order valence-corrected chi connectivity index (χ4v) is 1.64. The van der Waals surface area contributed by atoms with Crippen molar-refractivity contribution in [2.24, 2.45) is 0 Å². The van der Waals surface area contributed by atoms with Gasteiger partial charge in [0.1, 0.15) is 11.3 Å². The lowest BCUT2D eigenvalue weighted by molar-refractivity contribution is -0.383. The monoisotopic (exact) mass is 238 g/mol. The Morgan fingerprint density at radius 1 is 1.59 bits per heavy atom. The number of nitrogens with zero attached hydrogens (tertiary/aromatic N) is 1. The van der Waals surface area contributed by atoms with Gasteiger partial charge in [0.25, 0.3) is 5.69 Å². The lowest BCUT2D eigenvalue weighted by Gasteiger charge is -2.37. The number of nitro benzene ring substituents is 1. The molecule has 1 heterocycles. The molecule has 5 N–H and O–H groups in total. The first-order valence-corrected chi connectivity index (χ1v) is 5.21. The molecule has 1 saturated heterocycles. The summed E-state index contributed by atoms with van der Waals surface area (Å²) >= 11 is 0. The van der Waals surface area contributed by atoms with E-state index in [4.69, 9.17) is 5.73 Å². The minimum atomic E-state index is -0.740. The van der Waals surface area contributed by atoms with Crippen molar-refractivity contribution in [3.63, 3.8) is 0 Å². The highest BCUT2D eigenvalue weighted by Gasteiger charge is 2.33. The molecule has 7 nitrogen and oxygen atoms in total. The van der Waals surface area contributed by atoms with Crippen LogP contribution in [0.2, 0.25) is 0 Å². The van der Waals surface area contributed by atoms with Gasteiger partial charge >= 0.3 is 0 Å². The Kier molecular flexibility index (Phi) is 2.86. The molecule has 7 heteroatoms. The molecule has 1 aliphatic rings. The molecule has 0 unspecified atom stereocenters. The molecule has 0 spiro atoms. The van der Waals surface area contributed by atoms with Gasteiger partial charge in [0.15, 0.2) is 0 Å². The third kappa shape index (κ3) is 2.45. The molecule has 0 aromatic heterocycles. The molecule has 0 bridgehead atoms. The Hall–Kier alpha value is -1.86. The van der Waals surface area contributed by atoms with E-state index in [0.29, 0.717) is 25.3 Å². The highest BCUT2D eigenvalue weighted by Crippen LogP contribution is 2.25. The lowest BCUT2D eigenvalue weighted by Crippen LogP contribution is -2.63. The van der Waals surface area contributed by atoms with Crippen LogP contribution in [0, 0.1) is 10.1 Å². The number of β-amino-alcohol motifs (C(OH)–C–C–N with tert-alkyl or cyclic N) is 1. The number of rotatable bonds is 4. The average molecular weight is 238 g/mol. The molecule has 1 aliphatic heterocycles. The molecule has 0 atom stereocenters. The SMILES string of the molecule is Nc1cc(NCC2(O)CNC2)ccc1[N+](=O)[O-]. The van der Waals surface area contributed by atoms with E-state index >= 15 is 0 Å². The number of nitro groups is 1. The molecule has 1 fully saturated rings. The Balaban J connectivity index is 2.02. The van der Waals surface area contributed by atoms with E-state index in [1.165, 1.54) is 12.1 Å². The summed E-state index contributed by atoms with van der Waals surface area (Å²) in [6, 6.07) is 4.41. The maximum absolute atomic E-state index is 10.6. The van der Waals surface area contributed by atoms with Gasteiger partial charge in [-0.15, -0.1) is 0 Å². The fourth-order valence-electron chi connectivity index (χ4n) is 1.64. The summed E-state index contributed by atoms with van der Waals surface area (Å²) in [4.78, 5) is 10.0. The maximum atomic E-state index is 10.6. The largest absolute Gasteiger partial charge is 0.393 e. The second-order valence-electron chi connectivity index (χ2n) is 4.21. The number of nitrogens with two attached hydrogens (primary N) is 1. The van der Waals surface area contributed by atoms with Crippen molar-refractivity contribution in [3.8, 4) is 0 Å². The van der Waals surface area contributed by atoms with Crippen LogP contribution in [0.1, 0.15) is 0 Å². The summed E-state index contributed by atoms with van der Waals surface area (Å²) in [6.07, 6.45) is 0. The summed E-state index contributed by atoms with van der Waals surface area (Å²) in [5.41, 5.74) is 5.47. The first kappa shape index (κ1) is 11.6. The molecule has 1 aromatic rings. The number of nitrogen functional groups attached to an aromatic ring is 1. The number of nitrogens with one attached hydrogen (secondary N) is 2. The van der Waals surface area contributed by atoms with Gasteiger partial charge < -0.3 is 21.5 Å². The quantitative estimate of drug-likeness (QED) is 0.331. The van der Waals surface area contributed by atoms with Gasteiger partial charge in [0.2, 0.25) is 0 Å². The first-order chi connectivity index (χ1) is 8.00. The van der Waals surface area contributed by atoms with Gasteiger partial charge in [-0.25, -0.2) is 0 Å². The molecule has 1 aromatic carbocycles. The van der Waals surface area contributed by atoms with Crippen LogP contribution in [0.4, 0.5) is 17.1 Å². The van der Waals surface area contributed by atoms with Crippen molar-refractivity contribution in [2.75, 3.05) is 30.7 Å². The molecule has 0 aliphatic carbocycles. The third-order valence-electron chi connectivity index (χ3n) is 2.75. The lowest BCUT2D eigenvalue weighted by atomic mass is 9.97. The minimum absolute atomic E-state index is 0.110. The van der Waals surface area contributed by atoms with E-state index in [1.54, 1.807) is 6.07 Å². The number of benzene rings is 1. The summed E-state index contributed by atoms with van der Waals surface area (Å²) in [5.74, 6) is 0. The van der Waals surface area contributed by atoms with Crippen molar-refractivity contribution >= 4 is 17.1 Å². The predicted molar refractivity (Wildman–Crippen MR) is 63.8 cm³/mol. The molecule has 0 saturated carbocycles. The number of hydrogen-bond donors (Lipinski definition) is 4. The summed E-state index contributed by atoms with van der Waals surface area (Å²) < 4.78 is 0. The number of aliphatic hydroxyl groups is 1. The standard InChI is InChI=1S/C10H14N4O3/c11-8-3-7(1-2-9(8)14(16)17)13-6-10(15)4-12-5-10/h1-3,12-13,15H,4-6,11H2. The van der Waals surface area contributed by atoms with Crippen molar-refractivity contribution in [3.05, 3.63) is 28.3 Å². The van der Waals surface area contributed by atoms with Gasteiger partial charge in [0, 0.05) is 31.4 Å². The molecule has 2 rings (SSSR count). The topological polar surface area (TPSA) is 113 Å². The van der Waals surface area contributed by atoms with Crippen molar-refractivity contribution in [2.45, 2.75) is 5.60 Å². The van der Waals surface area contributed by atoms with Crippen LogP contribution in [0.3, 0.4) is 0 Å². The molecule has 17 heavy (non-hydrogen) atoms. The Bertz CT molecular complexity index is 445. The van der Waals surface area contributed by atoms with E-state index in [2.05, 4.69) is 10.6 Å². The van der Waals surface area contributed by atoms with Gasteiger partial charge in [-0.2, -0.15) is 0 Å². The highest BCUT2D eigenvalue weighted by molar-refractivity contribution is 5.65. The van der Waals surface area contributed by atoms with Crippen LogP contribution in [0.25, 0.3) is 0 Å². The minimum Gasteiger partial charge on any atom is -0.393 e. The van der Waals surface area contributed by atoms with Gasteiger partial charge in [-0.05, 0) is 12.1 Å². The van der Waals surface area contributed by atoms with E-state index in [9.17, 15) is 15.2 Å². The van der Waals surface area contributed by atoms with Crippen molar-refractivity contribution in [1.29, 1.82) is 0 Å². The van der Waals surface area contributed by atoms with Crippen molar-refractivity contribution in [1.82, 2.24) is 5.32 Å². The first-order valence-electron chi connectivity index (χ1n) is 5.21. The van der Waals surface area contributed by atoms with Gasteiger partial charge in [0.05, 0.1) is 4.92 Å². The molecular formula is C10H14N4O3. The third-order valence-corrected chi connectivity index (χ3v) is 2.75. The van der Waals surface area contributed by atoms with Crippen LogP contribution in [0.5, 0.6) is 0 Å². The maximum Gasteiger partial charge on any atom is 0.292 e. The Morgan fingerprint density at radius 3 is 2.76 bits per heavy atom. The van der Waals surface area contributed by atoms with E-state index in [-0.39, 0.29) is 11.4 Å². The second kappa shape index (κ2) is 4.19. The zero-order valence-corrected chi connectivity index (χ0v) is 9.14. The molecular weight excluding hydrogens is 224 g/mol. The van der Waals surface area contributed by atoms with Crippen LogP contribution in [0.15, 0.2) is 18.2 Å². The van der Waals surface area contributed by atoms with Crippen LogP contribution in [-0.4, -0.2) is 35.3 Å². The smallest absolute Gasteiger partial charge is 0.292 e. The Labute approximate surface area is 97.8 Å². The van der Waals surface area contributed by atoms with E-state index < -0.39 is 10.5 Å². The fraction of sp³-hybridized carbons (Fsp3) is 0.400. The predicted octanol–water partition coefficient (Wildman–Crippen LogP) is -0.0768. The highest BCUT2D eigenvalue weighted by atomic mass is 16.6. The van der Waals surface area contributed by atoms with E-state index in [0.717, 1.165) is 0 Å². The summed E-state index contributed by atoms with van der Waals surface area (Å²) in [7, 11) is 0. The van der Waals surface area contributed by atoms with Gasteiger partial charge in [-0.3, -0.25) is 10.1 Å². The van der Waals surface area contributed by atoms with Gasteiger partial charge in [-0.1, -0.05) is 0 Å². The number of hydrogen-bond acceptors (Lipinski definition) is 6. The van der Waals surface area contributed by atoms with Crippen LogP contribution < -0.4 is 16.4 Å². The zero-order valence-electron chi connectivity index (χ0n) is 9.14. The molecule has 92 valence electrons. The number of anilines is 2. The zero-order chi connectivity index (χ0) is 12.5. The van der Waals surface area contributed by atoms with Crippen LogP contribution in [-0.2, 0) is 0 Å². The molecule has 0 radical (unpaired) electrons. The Morgan fingerprint density at radius 2 is 2.29 bits per heavy atom. The summed E-state index contributed by atoms with van der Waals surface area (Å²) in [5, 5.41) is 26.4. The average Bonchev–Trinajstić information content (AvgIpc) is 2.23. The van der Waals surface area contributed by atoms with Crippen LogP contribution >= 0.6 is 0 Å². The summed E-state index contributed by atoms with van der Waals surface area (Å²) in [6.45, 7) is 1.47. The normalized spacial score (nSPS) is 17.2.